The van der Waals surface area contributed by atoms with Gasteiger partial charge in [0.1, 0.15) is 5.60 Å². The molecular formula is C17H25N3O4. The summed E-state index contributed by atoms with van der Waals surface area (Å²) in [6.07, 6.45) is 0.397. The van der Waals surface area contributed by atoms with Crippen LogP contribution >= 0.6 is 0 Å². The number of benzene rings is 1. The van der Waals surface area contributed by atoms with E-state index in [1.165, 1.54) is 12.0 Å². The number of nitrogens with one attached hydrogen (secondary N) is 1. The molecule has 1 aromatic carbocycles. The van der Waals surface area contributed by atoms with Gasteiger partial charge in [0.25, 0.3) is 0 Å². The van der Waals surface area contributed by atoms with Crippen molar-refractivity contribution in [3.05, 3.63) is 23.8 Å². The zero-order chi connectivity index (χ0) is 17.9. The fourth-order valence-electron chi connectivity index (χ4n) is 2.63. The third-order valence-corrected chi connectivity index (χ3v) is 3.64. The summed E-state index contributed by atoms with van der Waals surface area (Å²) in [5.41, 5.74) is 4.30. The van der Waals surface area contributed by atoms with Gasteiger partial charge in [-0.1, -0.05) is 6.07 Å². The molecule has 0 aromatic heterocycles. The zero-order valence-corrected chi connectivity index (χ0v) is 14.9. The smallest absolute Gasteiger partial charge is 0.414 e. The molecule has 132 valence electrons. The maximum absolute atomic E-state index is 12.4. The van der Waals surface area contributed by atoms with Gasteiger partial charge in [0.05, 0.1) is 12.8 Å². The van der Waals surface area contributed by atoms with Crippen molar-refractivity contribution in [1.29, 1.82) is 0 Å². The normalized spacial score (nSPS) is 13.5. The van der Waals surface area contributed by atoms with Gasteiger partial charge in [-0.3, -0.25) is 14.6 Å². The third-order valence-electron chi connectivity index (χ3n) is 3.64. The van der Waals surface area contributed by atoms with Gasteiger partial charge in [-0.15, -0.1) is 0 Å². The molecule has 0 saturated heterocycles. The number of amides is 3. The van der Waals surface area contributed by atoms with Crippen molar-refractivity contribution in [3.8, 4) is 0 Å². The minimum Gasteiger partial charge on any atom is -0.443 e. The average molecular weight is 335 g/mol. The highest BCUT2D eigenvalue weighted by atomic mass is 16.6. The third kappa shape index (κ3) is 3.97. The van der Waals surface area contributed by atoms with Crippen LogP contribution in [0, 0.1) is 0 Å². The van der Waals surface area contributed by atoms with Crippen LogP contribution in [0.25, 0.3) is 0 Å². The Morgan fingerprint density at radius 3 is 2.62 bits per heavy atom. The molecule has 1 aromatic rings. The van der Waals surface area contributed by atoms with Crippen LogP contribution in [0.3, 0.4) is 0 Å². The van der Waals surface area contributed by atoms with Crippen molar-refractivity contribution < 1.29 is 19.2 Å². The molecule has 0 atom stereocenters. The van der Waals surface area contributed by atoms with Crippen LogP contribution in [-0.4, -0.2) is 37.9 Å². The molecule has 0 fully saturated rings. The van der Waals surface area contributed by atoms with Crippen molar-refractivity contribution in [1.82, 2.24) is 5.48 Å². The van der Waals surface area contributed by atoms with Gasteiger partial charge in [0.15, 0.2) is 0 Å². The molecule has 0 spiro atoms. The van der Waals surface area contributed by atoms with Gasteiger partial charge in [0, 0.05) is 18.8 Å². The number of hydroxylamine groups is 1. The molecule has 0 radical (unpaired) electrons. The van der Waals surface area contributed by atoms with E-state index >= 15 is 0 Å². The van der Waals surface area contributed by atoms with Crippen molar-refractivity contribution >= 4 is 23.5 Å². The van der Waals surface area contributed by atoms with E-state index in [0.717, 1.165) is 17.7 Å². The SMILES string of the molecule is CCN(C(=O)NOC)c1ccc2c(c1)N(C(=O)OC(C)(C)C)CC2. The maximum atomic E-state index is 12.4. The Hall–Kier alpha value is -2.28. The number of rotatable bonds is 3. The molecular weight excluding hydrogens is 310 g/mol. The summed E-state index contributed by atoms with van der Waals surface area (Å²) >= 11 is 0. The predicted molar refractivity (Wildman–Crippen MR) is 92.3 cm³/mol. The number of nitrogens with zero attached hydrogens (tertiary/aromatic N) is 2. The van der Waals surface area contributed by atoms with E-state index in [4.69, 9.17) is 4.74 Å². The average Bonchev–Trinajstić information content (AvgIpc) is 2.90. The molecule has 7 heteroatoms. The lowest BCUT2D eigenvalue weighted by molar-refractivity contribution is 0.0584. The molecule has 1 heterocycles. The van der Waals surface area contributed by atoms with E-state index in [1.54, 1.807) is 4.90 Å². The Kier molecular flexibility index (Phi) is 5.33. The summed E-state index contributed by atoms with van der Waals surface area (Å²) in [5.74, 6) is 0. The minimum atomic E-state index is -0.550. The largest absolute Gasteiger partial charge is 0.443 e. The molecule has 1 aliphatic heterocycles. The predicted octanol–water partition coefficient (Wildman–Crippen LogP) is 3.08. The summed E-state index contributed by atoms with van der Waals surface area (Å²) in [5, 5.41) is 0. The number of hydrogen-bond donors (Lipinski definition) is 1. The van der Waals surface area contributed by atoms with E-state index in [9.17, 15) is 9.59 Å². The van der Waals surface area contributed by atoms with E-state index in [1.807, 2.05) is 45.9 Å². The van der Waals surface area contributed by atoms with Crippen molar-refractivity contribution in [2.75, 3.05) is 30.0 Å². The number of carbonyl (C=O) groups excluding carboxylic acids is 2. The van der Waals surface area contributed by atoms with Crippen LogP contribution < -0.4 is 15.3 Å². The Labute approximate surface area is 142 Å². The monoisotopic (exact) mass is 335 g/mol. The second kappa shape index (κ2) is 7.09. The molecule has 1 N–H and O–H groups in total. The van der Waals surface area contributed by atoms with Crippen molar-refractivity contribution in [2.45, 2.75) is 39.7 Å². The standard InChI is InChI=1S/C17H25N3O4/c1-6-19(15(21)18-23-5)13-8-7-12-9-10-20(14(12)11-13)16(22)24-17(2,3)4/h7-8,11H,6,9-10H2,1-5H3,(H,18,21). The van der Waals surface area contributed by atoms with Crippen molar-refractivity contribution in [2.24, 2.45) is 0 Å². The van der Waals surface area contributed by atoms with Gasteiger partial charge < -0.3 is 4.74 Å². The Morgan fingerprint density at radius 2 is 2.04 bits per heavy atom. The molecule has 1 aliphatic rings. The Bertz CT molecular complexity index is 625. The fraction of sp³-hybridized carbons (Fsp3) is 0.529. The quantitative estimate of drug-likeness (QED) is 0.862. The van der Waals surface area contributed by atoms with Gasteiger partial charge in [-0.05, 0) is 51.8 Å². The first-order chi connectivity index (χ1) is 11.3. The summed E-state index contributed by atoms with van der Waals surface area (Å²) < 4.78 is 5.47. The maximum Gasteiger partial charge on any atom is 0.414 e. The summed E-state index contributed by atoms with van der Waals surface area (Å²) in [7, 11) is 1.39. The highest BCUT2D eigenvalue weighted by Crippen LogP contribution is 2.33. The van der Waals surface area contributed by atoms with Crippen LogP contribution in [0.15, 0.2) is 18.2 Å². The van der Waals surface area contributed by atoms with Crippen LogP contribution in [0.4, 0.5) is 21.0 Å². The molecule has 0 saturated carbocycles. The number of carbonyl (C=O) groups is 2. The highest BCUT2D eigenvalue weighted by molar-refractivity contribution is 5.95. The van der Waals surface area contributed by atoms with E-state index < -0.39 is 5.60 Å². The first-order valence-corrected chi connectivity index (χ1v) is 8.00. The molecule has 24 heavy (non-hydrogen) atoms. The van der Waals surface area contributed by atoms with Crippen LogP contribution in [0.2, 0.25) is 0 Å². The summed E-state index contributed by atoms with van der Waals surface area (Å²) in [6.45, 7) is 8.43. The molecule has 7 nitrogen and oxygen atoms in total. The van der Waals surface area contributed by atoms with Crippen LogP contribution in [0.5, 0.6) is 0 Å². The highest BCUT2D eigenvalue weighted by Gasteiger charge is 2.29. The zero-order valence-electron chi connectivity index (χ0n) is 14.9. The summed E-state index contributed by atoms with van der Waals surface area (Å²) in [4.78, 5) is 32.3. The number of hydrogen-bond acceptors (Lipinski definition) is 4. The van der Waals surface area contributed by atoms with Gasteiger partial charge in [0.2, 0.25) is 0 Å². The van der Waals surface area contributed by atoms with E-state index in [-0.39, 0.29) is 12.1 Å². The van der Waals surface area contributed by atoms with E-state index in [2.05, 4.69) is 10.3 Å². The number of anilines is 2. The van der Waals surface area contributed by atoms with Gasteiger partial charge in [-0.2, -0.15) is 0 Å². The second-order valence-electron chi connectivity index (χ2n) is 6.55. The van der Waals surface area contributed by atoms with Crippen LogP contribution in [0.1, 0.15) is 33.3 Å². The minimum absolute atomic E-state index is 0.359. The first-order valence-electron chi connectivity index (χ1n) is 8.00. The molecule has 0 unspecified atom stereocenters. The van der Waals surface area contributed by atoms with Gasteiger partial charge >= 0.3 is 12.1 Å². The molecule has 2 rings (SSSR count). The first kappa shape index (κ1) is 18.1. The Balaban J connectivity index is 2.27. The van der Waals surface area contributed by atoms with E-state index in [0.29, 0.717) is 18.8 Å². The topological polar surface area (TPSA) is 71.1 Å². The molecule has 3 amide bonds. The van der Waals surface area contributed by atoms with Crippen molar-refractivity contribution in [3.63, 3.8) is 0 Å². The lowest BCUT2D eigenvalue weighted by Crippen LogP contribution is -2.39. The number of fused-ring (bicyclic) bond motifs is 1. The summed E-state index contributed by atoms with van der Waals surface area (Å²) in [6, 6.07) is 5.29. The van der Waals surface area contributed by atoms with Crippen LogP contribution in [-0.2, 0) is 16.0 Å². The Morgan fingerprint density at radius 1 is 1.33 bits per heavy atom. The molecule has 0 bridgehead atoms. The lowest BCUT2D eigenvalue weighted by Gasteiger charge is -2.26. The lowest BCUT2D eigenvalue weighted by atomic mass is 10.1. The fourth-order valence-corrected chi connectivity index (χ4v) is 2.63. The molecule has 0 aliphatic carbocycles. The second-order valence-corrected chi connectivity index (χ2v) is 6.55. The number of ether oxygens (including phenoxy) is 1. The number of urea groups is 1. The van der Waals surface area contributed by atoms with Gasteiger partial charge in [-0.25, -0.2) is 15.1 Å².